The number of hydrogen-bond donors (Lipinski definition) is 1. The van der Waals surface area contributed by atoms with Crippen molar-refractivity contribution < 1.29 is 4.74 Å². The first-order chi connectivity index (χ1) is 9.80. The molecule has 0 aliphatic rings. The number of benzene rings is 1. The molecule has 0 heterocycles. The molecular formula is C15H24N2OS2. The molecule has 0 radical (unpaired) electrons. The largest absolute Gasteiger partial charge is 0.385 e. The number of thioether (sulfide) groups is 2. The third-order valence-corrected chi connectivity index (χ3v) is 4.37. The average molecular weight is 313 g/mol. The normalized spacial score (nSPS) is 11.7. The van der Waals surface area contributed by atoms with Crippen molar-refractivity contribution in [3.63, 3.8) is 0 Å². The number of anilines is 1. The van der Waals surface area contributed by atoms with E-state index in [1.54, 1.807) is 30.6 Å². The van der Waals surface area contributed by atoms with Gasteiger partial charge in [-0.3, -0.25) is 4.99 Å². The van der Waals surface area contributed by atoms with Gasteiger partial charge in [0.1, 0.15) is 0 Å². The van der Waals surface area contributed by atoms with Crippen LogP contribution in [0.2, 0.25) is 0 Å². The number of amidine groups is 1. The second kappa shape index (κ2) is 11.1. The van der Waals surface area contributed by atoms with Gasteiger partial charge in [0.25, 0.3) is 0 Å². The Morgan fingerprint density at radius 2 is 2.25 bits per heavy atom. The number of rotatable bonds is 8. The van der Waals surface area contributed by atoms with E-state index in [4.69, 9.17) is 4.74 Å². The molecule has 0 aliphatic heterocycles. The SMILES string of the molecule is CCCSC(=NCCCOC)Nc1cccc(SC)c1. The number of hydrogen-bond acceptors (Lipinski definition) is 4. The molecular weight excluding hydrogens is 288 g/mol. The molecule has 0 bridgehead atoms. The molecule has 112 valence electrons. The molecule has 1 rings (SSSR count). The molecule has 0 aliphatic carbocycles. The predicted molar refractivity (Wildman–Crippen MR) is 93.4 cm³/mol. The highest BCUT2D eigenvalue weighted by Crippen LogP contribution is 2.20. The van der Waals surface area contributed by atoms with Crippen LogP contribution in [-0.4, -0.2) is 37.4 Å². The third-order valence-electron chi connectivity index (χ3n) is 2.53. The lowest BCUT2D eigenvalue weighted by atomic mass is 10.3. The fourth-order valence-corrected chi connectivity index (χ4v) is 2.76. The molecule has 0 aromatic heterocycles. The molecule has 5 heteroatoms. The van der Waals surface area contributed by atoms with Crippen LogP contribution < -0.4 is 5.32 Å². The molecule has 0 fully saturated rings. The number of nitrogens with zero attached hydrogens (tertiary/aromatic N) is 1. The Labute approximate surface area is 131 Å². The van der Waals surface area contributed by atoms with Crippen molar-refractivity contribution in [1.29, 1.82) is 0 Å². The van der Waals surface area contributed by atoms with Crippen molar-refractivity contribution in [3.05, 3.63) is 24.3 Å². The molecule has 3 nitrogen and oxygen atoms in total. The molecule has 0 unspecified atom stereocenters. The van der Waals surface area contributed by atoms with Gasteiger partial charge in [0.15, 0.2) is 5.17 Å². The Bertz CT molecular complexity index is 411. The van der Waals surface area contributed by atoms with Crippen LogP contribution in [-0.2, 0) is 4.74 Å². The van der Waals surface area contributed by atoms with E-state index in [1.165, 1.54) is 4.90 Å². The van der Waals surface area contributed by atoms with Gasteiger partial charge in [-0.15, -0.1) is 11.8 Å². The molecule has 0 saturated heterocycles. The summed E-state index contributed by atoms with van der Waals surface area (Å²) in [4.78, 5) is 5.89. The van der Waals surface area contributed by atoms with Gasteiger partial charge in [-0.05, 0) is 37.3 Å². The summed E-state index contributed by atoms with van der Waals surface area (Å²) in [6, 6.07) is 8.42. The van der Waals surface area contributed by atoms with E-state index in [1.807, 2.05) is 0 Å². The van der Waals surface area contributed by atoms with E-state index in [-0.39, 0.29) is 0 Å². The lowest BCUT2D eigenvalue weighted by Crippen LogP contribution is -2.10. The minimum atomic E-state index is 0.761. The predicted octanol–water partition coefficient (Wildman–Crippen LogP) is 4.36. The van der Waals surface area contributed by atoms with E-state index in [9.17, 15) is 0 Å². The fourth-order valence-electron chi connectivity index (χ4n) is 1.53. The van der Waals surface area contributed by atoms with E-state index >= 15 is 0 Å². The summed E-state index contributed by atoms with van der Waals surface area (Å²) in [7, 11) is 1.72. The van der Waals surface area contributed by atoms with Crippen molar-refractivity contribution >= 4 is 34.4 Å². The van der Waals surface area contributed by atoms with Gasteiger partial charge < -0.3 is 10.1 Å². The maximum absolute atomic E-state index is 5.05. The van der Waals surface area contributed by atoms with Crippen LogP contribution in [0, 0.1) is 0 Å². The monoisotopic (exact) mass is 312 g/mol. The van der Waals surface area contributed by atoms with Crippen LogP contribution in [0.5, 0.6) is 0 Å². The van der Waals surface area contributed by atoms with Crippen molar-refractivity contribution in [2.24, 2.45) is 4.99 Å². The second-order valence-electron chi connectivity index (χ2n) is 4.24. The van der Waals surface area contributed by atoms with Gasteiger partial charge in [-0.1, -0.05) is 24.8 Å². The summed E-state index contributed by atoms with van der Waals surface area (Å²) < 4.78 is 5.05. The van der Waals surface area contributed by atoms with Gasteiger partial charge in [0.05, 0.1) is 0 Å². The quantitative estimate of drug-likeness (QED) is 0.335. The maximum Gasteiger partial charge on any atom is 0.161 e. The topological polar surface area (TPSA) is 33.6 Å². The molecule has 0 spiro atoms. The van der Waals surface area contributed by atoms with Crippen LogP contribution in [0.1, 0.15) is 19.8 Å². The Hall–Kier alpha value is -0.650. The zero-order chi connectivity index (χ0) is 14.6. The van der Waals surface area contributed by atoms with E-state index in [0.717, 1.165) is 42.6 Å². The highest BCUT2D eigenvalue weighted by Gasteiger charge is 2.02. The zero-order valence-electron chi connectivity index (χ0n) is 12.5. The molecule has 1 aromatic carbocycles. The molecule has 1 aromatic rings. The zero-order valence-corrected chi connectivity index (χ0v) is 14.1. The Morgan fingerprint density at radius 3 is 2.95 bits per heavy atom. The molecule has 0 saturated carbocycles. The standard InChI is InChI=1S/C15H24N2OS2/c1-4-11-20-15(16-9-6-10-18-2)17-13-7-5-8-14(12-13)19-3/h5,7-8,12H,4,6,9-11H2,1-3H3,(H,16,17). The molecule has 0 atom stereocenters. The van der Waals surface area contributed by atoms with Crippen molar-refractivity contribution in [2.75, 3.05) is 37.6 Å². The Kier molecular flexibility index (Phi) is 9.62. The molecule has 0 amide bonds. The Balaban J connectivity index is 2.62. The summed E-state index contributed by atoms with van der Waals surface area (Å²) in [5.41, 5.74) is 1.10. The van der Waals surface area contributed by atoms with Gasteiger partial charge in [-0.2, -0.15) is 0 Å². The first kappa shape index (κ1) is 17.4. The minimum Gasteiger partial charge on any atom is -0.385 e. The minimum absolute atomic E-state index is 0.761. The van der Waals surface area contributed by atoms with Crippen LogP contribution >= 0.6 is 23.5 Å². The first-order valence-electron chi connectivity index (χ1n) is 6.87. The highest BCUT2D eigenvalue weighted by atomic mass is 32.2. The highest BCUT2D eigenvalue weighted by molar-refractivity contribution is 8.14. The fraction of sp³-hybridized carbons (Fsp3) is 0.533. The summed E-state index contributed by atoms with van der Waals surface area (Å²) in [5.74, 6) is 1.08. The van der Waals surface area contributed by atoms with Crippen LogP contribution in [0.4, 0.5) is 5.69 Å². The first-order valence-corrected chi connectivity index (χ1v) is 9.08. The summed E-state index contributed by atoms with van der Waals surface area (Å²) in [6.07, 6.45) is 4.19. The summed E-state index contributed by atoms with van der Waals surface area (Å²) in [6.45, 7) is 3.75. The van der Waals surface area contributed by atoms with Crippen molar-refractivity contribution in [2.45, 2.75) is 24.7 Å². The van der Waals surface area contributed by atoms with E-state index < -0.39 is 0 Å². The van der Waals surface area contributed by atoms with Crippen molar-refractivity contribution in [3.8, 4) is 0 Å². The van der Waals surface area contributed by atoms with E-state index in [2.05, 4.69) is 47.8 Å². The van der Waals surface area contributed by atoms with Gasteiger partial charge >= 0.3 is 0 Å². The lowest BCUT2D eigenvalue weighted by Gasteiger charge is -2.10. The molecule has 20 heavy (non-hydrogen) atoms. The average Bonchev–Trinajstić information content (AvgIpc) is 2.49. The lowest BCUT2D eigenvalue weighted by molar-refractivity contribution is 0.197. The van der Waals surface area contributed by atoms with Gasteiger partial charge in [-0.25, -0.2) is 0 Å². The maximum atomic E-state index is 5.05. The van der Waals surface area contributed by atoms with Crippen LogP contribution in [0.3, 0.4) is 0 Å². The smallest absolute Gasteiger partial charge is 0.161 e. The summed E-state index contributed by atoms with van der Waals surface area (Å²) in [5, 5.41) is 4.43. The van der Waals surface area contributed by atoms with E-state index in [0.29, 0.717) is 0 Å². The number of aliphatic imine (C=N–C) groups is 1. The van der Waals surface area contributed by atoms with Gasteiger partial charge in [0, 0.05) is 36.6 Å². The van der Waals surface area contributed by atoms with Crippen LogP contribution in [0.25, 0.3) is 0 Å². The second-order valence-corrected chi connectivity index (χ2v) is 6.20. The number of ether oxygens (including phenoxy) is 1. The number of nitrogens with one attached hydrogen (secondary N) is 1. The Morgan fingerprint density at radius 1 is 1.40 bits per heavy atom. The number of methoxy groups -OCH3 is 1. The van der Waals surface area contributed by atoms with Gasteiger partial charge in [0.2, 0.25) is 0 Å². The summed E-state index contributed by atoms with van der Waals surface area (Å²) >= 11 is 3.53. The third kappa shape index (κ3) is 7.22. The van der Waals surface area contributed by atoms with Crippen LogP contribution in [0.15, 0.2) is 34.2 Å². The molecule has 1 N–H and O–H groups in total. The van der Waals surface area contributed by atoms with Crippen molar-refractivity contribution in [1.82, 2.24) is 0 Å².